The Bertz CT molecular complexity index is 387. The molecule has 2 rings (SSSR count). The highest BCUT2D eigenvalue weighted by molar-refractivity contribution is 6.00. The van der Waals surface area contributed by atoms with Crippen LogP contribution in [0.4, 0.5) is 0 Å². The first-order valence-corrected chi connectivity index (χ1v) is 5.29. The largest absolute Gasteiger partial charge is 0.372 e. The summed E-state index contributed by atoms with van der Waals surface area (Å²) in [6.45, 7) is 2.08. The van der Waals surface area contributed by atoms with Crippen LogP contribution in [0.3, 0.4) is 0 Å². The lowest BCUT2D eigenvalue weighted by Crippen LogP contribution is -2.35. The predicted molar refractivity (Wildman–Crippen MR) is 61.9 cm³/mol. The van der Waals surface area contributed by atoms with Gasteiger partial charge in [-0.3, -0.25) is 9.79 Å². The maximum atomic E-state index is 11.7. The molecule has 0 aromatic heterocycles. The third-order valence-electron chi connectivity index (χ3n) is 2.33. The molecule has 0 saturated carbocycles. The van der Waals surface area contributed by atoms with E-state index >= 15 is 0 Å². The van der Waals surface area contributed by atoms with Gasteiger partial charge in [-0.1, -0.05) is 30.3 Å². The zero-order valence-electron chi connectivity index (χ0n) is 8.98. The van der Waals surface area contributed by atoms with Crippen molar-refractivity contribution in [3.05, 3.63) is 35.9 Å². The molecule has 4 nitrogen and oxygen atoms in total. The normalized spacial score (nSPS) is 15.4. The molecule has 84 valence electrons. The fourth-order valence-electron chi connectivity index (χ4n) is 1.47. The molecule has 0 amide bonds. The number of carbonyl (C=O) groups is 1. The second-order valence-corrected chi connectivity index (χ2v) is 3.52. The second kappa shape index (κ2) is 5.42. The molecule has 1 aromatic rings. The fourth-order valence-corrected chi connectivity index (χ4v) is 1.47. The number of ketones is 1. The van der Waals surface area contributed by atoms with E-state index in [9.17, 15) is 4.79 Å². The van der Waals surface area contributed by atoms with E-state index in [1.807, 2.05) is 30.3 Å². The number of benzene rings is 1. The van der Waals surface area contributed by atoms with Crippen LogP contribution in [-0.2, 0) is 4.74 Å². The van der Waals surface area contributed by atoms with Crippen molar-refractivity contribution in [1.29, 1.82) is 0 Å². The minimum Gasteiger partial charge on any atom is -0.372 e. The van der Waals surface area contributed by atoms with Gasteiger partial charge in [-0.25, -0.2) is 0 Å². The average molecular weight is 218 g/mol. The quantitative estimate of drug-likeness (QED) is 0.766. The summed E-state index contributed by atoms with van der Waals surface area (Å²) in [4.78, 5) is 16.0. The molecule has 0 atom stereocenters. The second-order valence-electron chi connectivity index (χ2n) is 3.52. The number of nitrogens with one attached hydrogen (secondary N) is 1. The van der Waals surface area contributed by atoms with Crippen molar-refractivity contribution in [2.24, 2.45) is 4.99 Å². The minimum atomic E-state index is 0.0638. The molecule has 1 heterocycles. The molecular formula is C12H14N2O2. The number of carbonyl (C=O) groups excluding carboxylic acids is 1. The Labute approximate surface area is 94.3 Å². The number of hydrogen-bond donors (Lipinski definition) is 1. The van der Waals surface area contributed by atoms with Gasteiger partial charge in [0, 0.05) is 5.56 Å². The highest BCUT2D eigenvalue weighted by atomic mass is 16.5. The Hall–Kier alpha value is -1.68. The minimum absolute atomic E-state index is 0.0638. The van der Waals surface area contributed by atoms with Gasteiger partial charge < -0.3 is 10.1 Å². The number of Topliss-reactive ketones (excluding diaryl/α,β-unsaturated/α-hetero) is 1. The summed E-state index contributed by atoms with van der Waals surface area (Å²) in [5, 5.41) is 3.00. The lowest BCUT2D eigenvalue weighted by Gasteiger charge is -2.13. The van der Waals surface area contributed by atoms with Gasteiger partial charge in [0.2, 0.25) is 0 Å². The number of aliphatic imine (C=N–C) groups is 1. The van der Waals surface area contributed by atoms with E-state index < -0.39 is 0 Å². The number of rotatable bonds is 3. The molecule has 0 unspecified atom stereocenters. The van der Waals surface area contributed by atoms with Gasteiger partial charge in [-0.2, -0.15) is 0 Å². The number of nitrogens with zero attached hydrogens (tertiary/aromatic N) is 1. The molecule has 0 fully saturated rings. The van der Waals surface area contributed by atoms with E-state index in [1.54, 1.807) is 0 Å². The van der Waals surface area contributed by atoms with Crippen LogP contribution in [0.15, 0.2) is 35.3 Å². The third-order valence-corrected chi connectivity index (χ3v) is 2.33. The van der Waals surface area contributed by atoms with Crippen molar-refractivity contribution in [2.45, 2.75) is 0 Å². The molecule has 0 bridgehead atoms. The van der Waals surface area contributed by atoms with Gasteiger partial charge in [0.15, 0.2) is 5.78 Å². The van der Waals surface area contributed by atoms with Crippen LogP contribution < -0.4 is 5.32 Å². The number of amidine groups is 1. The first kappa shape index (κ1) is 10.8. The summed E-state index contributed by atoms with van der Waals surface area (Å²) < 4.78 is 5.22. The van der Waals surface area contributed by atoms with Crippen LogP contribution in [-0.4, -0.2) is 37.9 Å². The van der Waals surface area contributed by atoms with Gasteiger partial charge in [0.05, 0.1) is 19.7 Å². The van der Waals surface area contributed by atoms with Crippen molar-refractivity contribution >= 4 is 11.6 Å². The SMILES string of the molecule is O=C(CNC1=NCCOC1)c1ccccc1. The van der Waals surface area contributed by atoms with E-state index in [1.165, 1.54) is 0 Å². The van der Waals surface area contributed by atoms with Crippen LogP contribution >= 0.6 is 0 Å². The summed E-state index contributed by atoms with van der Waals surface area (Å²) in [5.41, 5.74) is 0.715. The average Bonchev–Trinajstić information content (AvgIpc) is 2.38. The molecule has 0 saturated heterocycles. The van der Waals surface area contributed by atoms with Crippen LogP contribution in [0.5, 0.6) is 0 Å². The predicted octanol–water partition coefficient (Wildman–Crippen LogP) is 0.888. The Balaban J connectivity index is 1.86. The molecule has 0 radical (unpaired) electrons. The van der Waals surface area contributed by atoms with Gasteiger partial charge in [0.1, 0.15) is 12.4 Å². The highest BCUT2D eigenvalue weighted by Gasteiger charge is 2.08. The summed E-state index contributed by atoms with van der Waals surface area (Å²) in [6.07, 6.45) is 0. The number of ether oxygens (including phenoxy) is 1. The summed E-state index contributed by atoms with van der Waals surface area (Å²) in [7, 11) is 0. The molecule has 0 spiro atoms. The zero-order valence-corrected chi connectivity index (χ0v) is 8.98. The van der Waals surface area contributed by atoms with E-state index in [0.29, 0.717) is 25.3 Å². The first-order valence-electron chi connectivity index (χ1n) is 5.29. The van der Waals surface area contributed by atoms with E-state index in [0.717, 1.165) is 5.84 Å². The van der Waals surface area contributed by atoms with E-state index in [2.05, 4.69) is 10.3 Å². The Morgan fingerprint density at radius 1 is 1.38 bits per heavy atom. The first-order chi connectivity index (χ1) is 7.86. The zero-order chi connectivity index (χ0) is 11.2. The van der Waals surface area contributed by atoms with Crippen molar-refractivity contribution in [3.63, 3.8) is 0 Å². The fraction of sp³-hybridized carbons (Fsp3) is 0.333. The van der Waals surface area contributed by atoms with Crippen LogP contribution in [0, 0.1) is 0 Å². The van der Waals surface area contributed by atoms with Gasteiger partial charge in [-0.05, 0) is 0 Å². The van der Waals surface area contributed by atoms with Gasteiger partial charge >= 0.3 is 0 Å². The van der Waals surface area contributed by atoms with Crippen molar-refractivity contribution in [3.8, 4) is 0 Å². The topological polar surface area (TPSA) is 50.7 Å². The summed E-state index contributed by atoms with van der Waals surface area (Å²) in [6, 6.07) is 9.22. The maximum Gasteiger partial charge on any atom is 0.181 e. The molecule has 4 heteroatoms. The Kier molecular flexibility index (Phi) is 3.66. The van der Waals surface area contributed by atoms with Crippen molar-refractivity contribution in [1.82, 2.24) is 5.32 Å². The Morgan fingerprint density at radius 3 is 2.88 bits per heavy atom. The molecule has 1 aliphatic rings. The molecule has 0 aliphatic carbocycles. The molecule has 1 N–H and O–H groups in total. The molecule has 16 heavy (non-hydrogen) atoms. The highest BCUT2D eigenvalue weighted by Crippen LogP contribution is 1.99. The summed E-state index contributed by atoms with van der Waals surface area (Å²) >= 11 is 0. The summed E-state index contributed by atoms with van der Waals surface area (Å²) in [5.74, 6) is 0.824. The smallest absolute Gasteiger partial charge is 0.181 e. The standard InChI is InChI=1S/C12H14N2O2/c15-11(10-4-2-1-3-5-10)8-14-12-9-16-7-6-13-12/h1-5H,6-9H2,(H,13,14). The third kappa shape index (κ3) is 2.90. The van der Waals surface area contributed by atoms with E-state index in [-0.39, 0.29) is 12.3 Å². The maximum absolute atomic E-state index is 11.7. The Morgan fingerprint density at radius 2 is 2.19 bits per heavy atom. The molecule has 1 aromatic carbocycles. The van der Waals surface area contributed by atoms with Crippen molar-refractivity contribution in [2.75, 3.05) is 26.3 Å². The number of hydrogen-bond acceptors (Lipinski definition) is 4. The molecule has 1 aliphatic heterocycles. The lowest BCUT2D eigenvalue weighted by atomic mass is 10.1. The van der Waals surface area contributed by atoms with Crippen molar-refractivity contribution < 1.29 is 9.53 Å². The monoisotopic (exact) mass is 218 g/mol. The van der Waals surface area contributed by atoms with Gasteiger partial charge in [-0.15, -0.1) is 0 Å². The van der Waals surface area contributed by atoms with Crippen LogP contribution in [0.1, 0.15) is 10.4 Å². The van der Waals surface area contributed by atoms with Crippen LogP contribution in [0.2, 0.25) is 0 Å². The van der Waals surface area contributed by atoms with Gasteiger partial charge in [0.25, 0.3) is 0 Å². The molecular weight excluding hydrogens is 204 g/mol. The van der Waals surface area contributed by atoms with Crippen LogP contribution in [0.25, 0.3) is 0 Å². The van der Waals surface area contributed by atoms with E-state index in [4.69, 9.17) is 4.74 Å². The lowest BCUT2D eigenvalue weighted by molar-refractivity contribution is 0.0994.